The van der Waals surface area contributed by atoms with E-state index in [2.05, 4.69) is 4.98 Å². The number of nitrogens with zero attached hydrogens (tertiary/aromatic N) is 1. The first-order valence-corrected chi connectivity index (χ1v) is 4.51. The molecule has 1 aromatic rings. The molecule has 0 aromatic carbocycles. The predicted octanol–water partition coefficient (Wildman–Crippen LogP) is -3.38. The van der Waals surface area contributed by atoms with Crippen LogP contribution in [0.25, 0.3) is 0 Å². The molecule has 1 N–H and O–H groups in total. The summed E-state index contributed by atoms with van der Waals surface area (Å²) < 4.78 is 30.9. The van der Waals surface area contributed by atoms with Crippen molar-refractivity contribution in [2.75, 3.05) is 0 Å². The molecule has 5 nitrogen and oxygen atoms in total. The number of rotatable bonds is 2. The summed E-state index contributed by atoms with van der Waals surface area (Å²) >= 11 is 0. The molecule has 0 aliphatic carbocycles. The standard InChI is InChI=1S/C6H7NO4S.Na/c8-6(12(9,10)11)5-1-3-7-4-2-5;/h1-4,6,8H,(H,9,10,11);/q;+1/p-1. The van der Waals surface area contributed by atoms with E-state index in [1.165, 1.54) is 24.5 Å². The Morgan fingerprint density at radius 3 is 2.23 bits per heavy atom. The smallest absolute Gasteiger partial charge is 0.746 e. The molecule has 1 atom stereocenters. The van der Waals surface area contributed by atoms with Crippen LogP contribution < -0.4 is 29.6 Å². The molecule has 1 unspecified atom stereocenters. The van der Waals surface area contributed by atoms with Gasteiger partial charge in [-0.1, -0.05) is 0 Å². The number of hydrogen-bond donors (Lipinski definition) is 1. The van der Waals surface area contributed by atoms with Crippen LogP contribution in [0, 0.1) is 0 Å². The molecular weight excluding hydrogens is 205 g/mol. The van der Waals surface area contributed by atoms with Crippen LogP contribution in [-0.2, 0) is 10.1 Å². The molecule has 1 aromatic heterocycles. The van der Waals surface area contributed by atoms with Gasteiger partial charge in [-0.3, -0.25) is 4.98 Å². The normalized spacial score (nSPS) is 13.1. The van der Waals surface area contributed by atoms with Crippen molar-refractivity contribution in [1.29, 1.82) is 0 Å². The van der Waals surface area contributed by atoms with Crippen LogP contribution in [0.5, 0.6) is 0 Å². The molecule has 13 heavy (non-hydrogen) atoms. The van der Waals surface area contributed by atoms with Gasteiger partial charge in [-0.25, -0.2) is 8.42 Å². The van der Waals surface area contributed by atoms with E-state index in [1.54, 1.807) is 0 Å². The quantitative estimate of drug-likeness (QED) is 0.407. The van der Waals surface area contributed by atoms with E-state index in [-0.39, 0.29) is 35.1 Å². The minimum Gasteiger partial charge on any atom is -0.746 e. The van der Waals surface area contributed by atoms with Crippen molar-refractivity contribution in [1.82, 2.24) is 4.98 Å². The SMILES string of the molecule is O=S(=O)([O-])C(O)c1ccncc1.[Na+]. The van der Waals surface area contributed by atoms with Gasteiger partial charge in [0.15, 0.2) is 5.44 Å². The maximum absolute atomic E-state index is 10.3. The van der Waals surface area contributed by atoms with Crippen LogP contribution in [0.1, 0.15) is 11.0 Å². The third-order valence-electron chi connectivity index (χ3n) is 1.26. The van der Waals surface area contributed by atoms with Crippen molar-refractivity contribution in [2.24, 2.45) is 0 Å². The van der Waals surface area contributed by atoms with Crippen molar-refractivity contribution in [3.05, 3.63) is 30.1 Å². The van der Waals surface area contributed by atoms with E-state index in [0.717, 1.165) is 0 Å². The summed E-state index contributed by atoms with van der Waals surface area (Å²) in [5.74, 6) is 0. The Morgan fingerprint density at radius 1 is 1.38 bits per heavy atom. The van der Waals surface area contributed by atoms with Crippen molar-refractivity contribution in [3.63, 3.8) is 0 Å². The largest absolute Gasteiger partial charge is 1.00 e. The average Bonchev–Trinajstić information content (AvgIpc) is 2.03. The zero-order valence-corrected chi connectivity index (χ0v) is 9.73. The molecule has 0 bridgehead atoms. The zero-order valence-electron chi connectivity index (χ0n) is 6.91. The number of pyridine rings is 1. The Bertz CT molecular complexity index is 352. The van der Waals surface area contributed by atoms with Gasteiger partial charge in [-0.15, -0.1) is 0 Å². The minimum absolute atomic E-state index is 0. The second kappa shape index (κ2) is 5.04. The maximum Gasteiger partial charge on any atom is 1.00 e. The zero-order chi connectivity index (χ0) is 9.19. The molecule has 0 radical (unpaired) electrons. The van der Waals surface area contributed by atoms with Gasteiger partial charge in [0, 0.05) is 12.4 Å². The predicted molar refractivity (Wildman–Crippen MR) is 38.9 cm³/mol. The fourth-order valence-corrected chi connectivity index (χ4v) is 1.19. The van der Waals surface area contributed by atoms with Gasteiger partial charge < -0.3 is 9.66 Å². The Hall–Kier alpha value is 0.0200. The molecule has 0 aliphatic heterocycles. The first-order valence-electron chi connectivity index (χ1n) is 3.04. The summed E-state index contributed by atoms with van der Waals surface area (Å²) in [4.78, 5) is 3.60. The van der Waals surface area contributed by atoms with E-state index in [9.17, 15) is 13.0 Å². The molecule has 66 valence electrons. The third-order valence-corrected chi connectivity index (χ3v) is 2.08. The number of aliphatic hydroxyl groups is 1. The van der Waals surface area contributed by atoms with Crippen LogP contribution in [0.4, 0.5) is 0 Å². The Kier molecular flexibility index (Phi) is 5.05. The fraction of sp³-hybridized carbons (Fsp3) is 0.167. The summed E-state index contributed by atoms with van der Waals surface area (Å²) in [6.45, 7) is 0. The molecule has 0 saturated heterocycles. The molecule has 0 spiro atoms. The second-order valence-corrected chi connectivity index (χ2v) is 3.56. The van der Waals surface area contributed by atoms with Gasteiger partial charge in [0.2, 0.25) is 0 Å². The van der Waals surface area contributed by atoms with Gasteiger partial charge in [-0.2, -0.15) is 0 Å². The average molecular weight is 211 g/mol. The first kappa shape index (κ1) is 13.0. The summed E-state index contributed by atoms with van der Waals surface area (Å²) in [7, 11) is -4.68. The molecule has 0 amide bonds. The topological polar surface area (TPSA) is 90.3 Å². The van der Waals surface area contributed by atoms with Crippen molar-refractivity contribution >= 4 is 10.1 Å². The summed E-state index contributed by atoms with van der Waals surface area (Å²) in [6.07, 6.45) is 2.59. The van der Waals surface area contributed by atoms with Crippen molar-refractivity contribution < 1.29 is 47.6 Å². The van der Waals surface area contributed by atoms with Gasteiger partial charge in [0.05, 0.1) is 0 Å². The maximum atomic E-state index is 10.3. The van der Waals surface area contributed by atoms with Crippen LogP contribution in [0.2, 0.25) is 0 Å². The summed E-state index contributed by atoms with van der Waals surface area (Å²) in [6, 6.07) is 2.53. The molecule has 1 rings (SSSR count). The molecule has 0 fully saturated rings. The van der Waals surface area contributed by atoms with Gasteiger partial charge >= 0.3 is 29.6 Å². The van der Waals surface area contributed by atoms with Gasteiger partial charge in [0.25, 0.3) is 0 Å². The van der Waals surface area contributed by atoms with Crippen LogP contribution in [-0.4, -0.2) is 23.1 Å². The monoisotopic (exact) mass is 211 g/mol. The second-order valence-electron chi connectivity index (χ2n) is 2.13. The van der Waals surface area contributed by atoms with Crippen LogP contribution in [0.15, 0.2) is 24.5 Å². The Balaban J connectivity index is 0.00000144. The number of aromatic nitrogens is 1. The van der Waals surface area contributed by atoms with E-state index < -0.39 is 15.6 Å². The fourth-order valence-electron chi connectivity index (χ4n) is 0.695. The van der Waals surface area contributed by atoms with E-state index in [4.69, 9.17) is 5.11 Å². The summed E-state index contributed by atoms with van der Waals surface area (Å²) in [5, 5.41) is 8.93. The summed E-state index contributed by atoms with van der Waals surface area (Å²) in [5.41, 5.74) is -1.97. The number of aliphatic hydroxyl groups excluding tert-OH is 1. The first-order chi connectivity index (χ1) is 5.52. The molecule has 1 heterocycles. The Labute approximate surface area is 97.9 Å². The van der Waals surface area contributed by atoms with Crippen LogP contribution >= 0.6 is 0 Å². The Morgan fingerprint density at radius 2 is 1.85 bits per heavy atom. The van der Waals surface area contributed by atoms with E-state index in [0.29, 0.717) is 0 Å². The third kappa shape index (κ3) is 3.72. The molecule has 7 heteroatoms. The molecule has 0 aliphatic rings. The molecular formula is C6H6NNaO4S. The van der Waals surface area contributed by atoms with Crippen LogP contribution in [0.3, 0.4) is 0 Å². The van der Waals surface area contributed by atoms with Gasteiger partial charge in [0.1, 0.15) is 10.1 Å². The van der Waals surface area contributed by atoms with Crippen molar-refractivity contribution in [2.45, 2.75) is 5.44 Å². The van der Waals surface area contributed by atoms with Gasteiger partial charge in [-0.05, 0) is 17.7 Å². The van der Waals surface area contributed by atoms with E-state index in [1.807, 2.05) is 0 Å². The molecule has 0 saturated carbocycles. The van der Waals surface area contributed by atoms with Crippen molar-refractivity contribution in [3.8, 4) is 0 Å². The minimum atomic E-state index is -4.68. The number of hydrogen-bond acceptors (Lipinski definition) is 5. The van der Waals surface area contributed by atoms with E-state index >= 15 is 0 Å².